The van der Waals surface area contributed by atoms with Gasteiger partial charge in [0.2, 0.25) is 15.9 Å². The zero-order valence-electron chi connectivity index (χ0n) is 18.2. The van der Waals surface area contributed by atoms with E-state index in [0.29, 0.717) is 17.4 Å². The second-order valence-corrected chi connectivity index (χ2v) is 9.52. The number of sulfonamides is 1. The summed E-state index contributed by atoms with van der Waals surface area (Å²) in [6.07, 6.45) is 1.77. The van der Waals surface area contributed by atoms with Gasteiger partial charge in [-0.2, -0.15) is 4.72 Å². The van der Waals surface area contributed by atoms with Crippen LogP contribution in [0.15, 0.2) is 96.0 Å². The van der Waals surface area contributed by atoms with Crippen molar-refractivity contribution in [2.45, 2.75) is 30.8 Å². The molecule has 0 aliphatic heterocycles. The van der Waals surface area contributed by atoms with Gasteiger partial charge in [-0.1, -0.05) is 72.8 Å². The second kappa shape index (κ2) is 9.94. The molecule has 0 spiro atoms. The lowest BCUT2D eigenvalue weighted by Gasteiger charge is -2.19. The zero-order valence-corrected chi connectivity index (χ0v) is 19.0. The molecule has 0 saturated carbocycles. The molecule has 0 aliphatic rings. The van der Waals surface area contributed by atoms with Crippen LogP contribution < -0.4 is 10.0 Å². The Morgan fingerprint density at radius 1 is 0.909 bits per heavy atom. The minimum absolute atomic E-state index is 0.0466. The monoisotopic (exact) mass is 459 g/mol. The molecule has 4 rings (SSSR count). The second-order valence-electron chi connectivity index (χ2n) is 7.84. The maximum atomic E-state index is 13.3. The van der Waals surface area contributed by atoms with Crippen LogP contribution in [-0.2, 0) is 27.8 Å². The lowest BCUT2D eigenvalue weighted by molar-refractivity contribution is -0.122. The number of hydrogen-bond acceptors (Lipinski definition) is 4. The van der Waals surface area contributed by atoms with Gasteiger partial charge in [-0.3, -0.25) is 9.78 Å². The smallest absolute Gasteiger partial charge is 0.243 e. The lowest BCUT2D eigenvalue weighted by Crippen LogP contribution is -2.47. The van der Waals surface area contributed by atoms with Gasteiger partial charge in [0, 0.05) is 18.1 Å². The van der Waals surface area contributed by atoms with E-state index in [1.807, 2.05) is 61.5 Å². The van der Waals surface area contributed by atoms with E-state index in [0.717, 1.165) is 16.7 Å². The quantitative estimate of drug-likeness (QED) is 0.420. The van der Waals surface area contributed by atoms with Crippen LogP contribution in [0.25, 0.3) is 10.9 Å². The molecule has 1 aromatic heterocycles. The predicted molar refractivity (Wildman–Crippen MR) is 129 cm³/mol. The van der Waals surface area contributed by atoms with Crippen LogP contribution in [0.3, 0.4) is 0 Å². The van der Waals surface area contributed by atoms with Gasteiger partial charge in [-0.25, -0.2) is 8.42 Å². The number of rotatable bonds is 8. The molecular formula is C26H25N3O3S. The zero-order chi connectivity index (χ0) is 23.3. The van der Waals surface area contributed by atoms with Crippen molar-refractivity contribution in [1.82, 2.24) is 15.0 Å². The highest BCUT2D eigenvalue weighted by atomic mass is 32.2. The van der Waals surface area contributed by atoms with Crippen LogP contribution >= 0.6 is 0 Å². The third-order valence-electron chi connectivity index (χ3n) is 5.50. The number of hydrogen-bond donors (Lipinski definition) is 2. The summed E-state index contributed by atoms with van der Waals surface area (Å²) >= 11 is 0. The van der Waals surface area contributed by atoms with Crippen molar-refractivity contribution in [2.24, 2.45) is 0 Å². The first-order valence-electron chi connectivity index (χ1n) is 10.7. The van der Waals surface area contributed by atoms with Gasteiger partial charge in [-0.15, -0.1) is 0 Å². The van der Waals surface area contributed by atoms with Crippen LogP contribution in [-0.4, -0.2) is 25.4 Å². The predicted octanol–water partition coefficient (Wildman–Crippen LogP) is 3.75. The number of carbonyl (C=O) groups excluding carboxylic acids is 1. The largest absolute Gasteiger partial charge is 0.351 e. The molecule has 168 valence electrons. The number of nitrogens with one attached hydrogen (secondary N) is 2. The van der Waals surface area contributed by atoms with Gasteiger partial charge in [0.15, 0.2) is 0 Å². The van der Waals surface area contributed by atoms with Gasteiger partial charge in [0.1, 0.15) is 10.9 Å². The minimum Gasteiger partial charge on any atom is -0.351 e. The van der Waals surface area contributed by atoms with E-state index < -0.39 is 16.1 Å². The molecule has 0 saturated heterocycles. The highest BCUT2D eigenvalue weighted by Gasteiger charge is 2.27. The maximum absolute atomic E-state index is 13.3. The third kappa shape index (κ3) is 5.45. The number of fused-ring (bicyclic) bond motifs is 1. The Hall–Kier alpha value is -3.55. The summed E-state index contributed by atoms with van der Waals surface area (Å²) in [5.74, 6) is -0.390. The summed E-state index contributed by atoms with van der Waals surface area (Å²) in [5.41, 5.74) is 3.25. The molecule has 33 heavy (non-hydrogen) atoms. The van der Waals surface area contributed by atoms with E-state index >= 15 is 0 Å². The van der Waals surface area contributed by atoms with E-state index in [-0.39, 0.29) is 17.2 Å². The summed E-state index contributed by atoms with van der Waals surface area (Å²) in [6.45, 7) is 2.29. The summed E-state index contributed by atoms with van der Waals surface area (Å²) < 4.78 is 29.3. The van der Waals surface area contributed by atoms with Crippen LogP contribution in [0.5, 0.6) is 0 Å². The fourth-order valence-corrected chi connectivity index (χ4v) is 5.07. The lowest BCUT2D eigenvalue weighted by atomic mass is 10.1. The summed E-state index contributed by atoms with van der Waals surface area (Å²) in [5, 5.41) is 3.60. The Bertz CT molecular complexity index is 1370. The molecular weight excluding hydrogens is 434 g/mol. The number of amides is 1. The van der Waals surface area contributed by atoms with Crippen molar-refractivity contribution in [2.75, 3.05) is 0 Å². The third-order valence-corrected chi connectivity index (χ3v) is 7.00. The highest BCUT2D eigenvalue weighted by Crippen LogP contribution is 2.21. The Kier molecular flexibility index (Phi) is 6.82. The Labute approximate surface area is 193 Å². The normalized spacial score (nSPS) is 12.4. The number of aromatic nitrogens is 1. The van der Waals surface area contributed by atoms with E-state index in [2.05, 4.69) is 15.0 Å². The average Bonchev–Trinajstić information content (AvgIpc) is 2.83. The van der Waals surface area contributed by atoms with Crippen LogP contribution in [0.4, 0.5) is 0 Å². The molecule has 6 nitrogen and oxygen atoms in total. The van der Waals surface area contributed by atoms with Gasteiger partial charge >= 0.3 is 0 Å². The van der Waals surface area contributed by atoms with Crippen molar-refractivity contribution in [3.8, 4) is 0 Å². The van der Waals surface area contributed by atoms with Gasteiger partial charge < -0.3 is 5.32 Å². The van der Waals surface area contributed by atoms with Crippen molar-refractivity contribution in [3.63, 3.8) is 0 Å². The van der Waals surface area contributed by atoms with Crippen molar-refractivity contribution in [3.05, 3.63) is 108 Å². The van der Waals surface area contributed by atoms with Crippen LogP contribution in [0.1, 0.15) is 16.7 Å². The average molecular weight is 460 g/mol. The van der Waals surface area contributed by atoms with E-state index in [1.165, 1.54) is 6.07 Å². The molecule has 1 heterocycles. The Morgan fingerprint density at radius 2 is 1.64 bits per heavy atom. The van der Waals surface area contributed by atoms with Gasteiger partial charge in [-0.05, 0) is 42.2 Å². The topological polar surface area (TPSA) is 88.2 Å². The minimum atomic E-state index is -4.02. The fourth-order valence-electron chi connectivity index (χ4n) is 3.70. The van der Waals surface area contributed by atoms with E-state index in [1.54, 1.807) is 30.5 Å². The number of nitrogens with zero attached hydrogens (tertiary/aromatic N) is 1. The molecule has 0 bridgehead atoms. The van der Waals surface area contributed by atoms with Crippen molar-refractivity contribution >= 4 is 26.8 Å². The summed E-state index contributed by atoms with van der Waals surface area (Å²) in [7, 11) is -4.02. The number of benzene rings is 3. The number of carbonyl (C=O) groups is 1. The first kappa shape index (κ1) is 22.6. The van der Waals surface area contributed by atoms with Gasteiger partial charge in [0.05, 0.1) is 5.52 Å². The fraction of sp³-hybridized carbons (Fsp3) is 0.154. The molecule has 7 heteroatoms. The van der Waals surface area contributed by atoms with E-state index in [4.69, 9.17) is 0 Å². The molecule has 0 fully saturated rings. The molecule has 0 radical (unpaired) electrons. The number of aryl methyl sites for hydroxylation is 1. The first-order chi connectivity index (χ1) is 15.9. The molecule has 1 atom stereocenters. The number of para-hydroxylation sites is 1. The molecule has 4 aromatic rings. The SMILES string of the molecule is Cc1ccccc1CNC(=O)[C@@H](Cc1ccccc1)NS(=O)(=O)c1cccc2cccnc12. The molecule has 0 unspecified atom stereocenters. The number of pyridine rings is 1. The Morgan fingerprint density at radius 3 is 2.42 bits per heavy atom. The maximum Gasteiger partial charge on any atom is 0.243 e. The summed E-state index contributed by atoms with van der Waals surface area (Å²) in [4.78, 5) is 17.4. The molecule has 0 aliphatic carbocycles. The molecule has 2 N–H and O–H groups in total. The standard InChI is InChI=1S/C26H25N3O3S/c1-19-9-5-6-12-22(19)18-28-26(30)23(17-20-10-3-2-4-11-20)29-33(31,32)24-15-7-13-21-14-8-16-27-25(21)24/h2-16,23,29H,17-18H2,1H3,(H,28,30)/t23-/m1/s1. The highest BCUT2D eigenvalue weighted by molar-refractivity contribution is 7.89. The van der Waals surface area contributed by atoms with Crippen LogP contribution in [0, 0.1) is 6.92 Å². The van der Waals surface area contributed by atoms with Gasteiger partial charge in [0.25, 0.3) is 0 Å². The molecule has 1 amide bonds. The van der Waals surface area contributed by atoms with E-state index in [9.17, 15) is 13.2 Å². The molecule has 3 aromatic carbocycles. The summed E-state index contributed by atoms with van der Waals surface area (Å²) in [6, 6.07) is 24.6. The first-order valence-corrected chi connectivity index (χ1v) is 12.1. The Balaban J connectivity index is 1.61. The van der Waals surface area contributed by atoms with Crippen molar-refractivity contribution < 1.29 is 13.2 Å². The van der Waals surface area contributed by atoms with Crippen molar-refractivity contribution in [1.29, 1.82) is 0 Å². The van der Waals surface area contributed by atoms with Crippen LogP contribution in [0.2, 0.25) is 0 Å².